The van der Waals surface area contributed by atoms with Crippen LogP contribution in [0.25, 0.3) is 0 Å². The third-order valence-electron chi connectivity index (χ3n) is 6.58. The highest BCUT2D eigenvalue weighted by Gasteiger charge is 2.35. The Labute approximate surface area is 188 Å². The van der Waals surface area contributed by atoms with E-state index in [9.17, 15) is 0 Å². The number of hydrogen-bond acceptors (Lipinski definition) is 3. The molecule has 0 saturated carbocycles. The molecule has 4 aromatic rings. The van der Waals surface area contributed by atoms with E-state index in [0.29, 0.717) is 0 Å². The SMILES string of the molecule is CC1(C)c2ccccc2Oc2cc(C3=Nc4ccccc4NC3c3ccccc3)ccc21. The lowest BCUT2D eigenvalue weighted by Crippen LogP contribution is -2.27. The molecule has 0 aliphatic carbocycles. The third kappa shape index (κ3) is 2.93. The van der Waals surface area contributed by atoms with Crippen molar-refractivity contribution in [1.29, 1.82) is 0 Å². The van der Waals surface area contributed by atoms with Gasteiger partial charge in [-0.05, 0) is 29.8 Å². The van der Waals surface area contributed by atoms with Crippen LogP contribution >= 0.6 is 0 Å². The molecule has 156 valence electrons. The van der Waals surface area contributed by atoms with Crippen molar-refractivity contribution in [3.63, 3.8) is 0 Å². The molecule has 0 radical (unpaired) electrons. The zero-order valence-electron chi connectivity index (χ0n) is 18.2. The highest BCUT2D eigenvalue weighted by Crippen LogP contribution is 2.48. The number of para-hydroxylation sites is 3. The Balaban J connectivity index is 1.50. The van der Waals surface area contributed by atoms with Crippen LogP contribution in [0, 0.1) is 0 Å². The summed E-state index contributed by atoms with van der Waals surface area (Å²) in [7, 11) is 0. The van der Waals surface area contributed by atoms with E-state index < -0.39 is 0 Å². The Morgan fingerprint density at radius 2 is 1.47 bits per heavy atom. The number of aliphatic imine (C=N–C) groups is 1. The normalized spacial score (nSPS) is 17.7. The molecule has 32 heavy (non-hydrogen) atoms. The van der Waals surface area contributed by atoms with Gasteiger partial charge in [-0.2, -0.15) is 0 Å². The maximum atomic E-state index is 6.38. The largest absolute Gasteiger partial charge is 0.457 e. The van der Waals surface area contributed by atoms with Gasteiger partial charge in [-0.15, -0.1) is 0 Å². The van der Waals surface area contributed by atoms with Crippen LogP contribution in [0.5, 0.6) is 11.5 Å². The fourth-order valence-electron chi connectivity index (χ4n) is 4.85. The standard InChI is InChI=1S/C29H24N2O/c1-29(2)21-12-6-9-15-25(21)32-26-18-20(16-17-22(26)29)28-27(19-10-4-3-5-11-19)30-23-13-7-8-14-24(23)31-28/h3-18,27,30H,1-2H3. The second kappa shape index (κ2) is 7.10. The first-order valence-corrected chi connectivity index (χ1v) is 11.0. The second-order valence-corrected chi connectivity index (χ2v) is 8.94. The summed E-state index contributed by atoms with van der Waals surface area (Å²) in [4.78, 5) is 5.10. The molecule has 1 atom stereocenters. The maximum Gasteiger partial charge on any atom is 0.132 e. The maximum absolute atomic E-state index is 6.38. The summed E-state index contributed by atoms with van der Waals surface area (Å²) in [5.41, 5.74) is 7.54. The quantitative estimate of drug-likeness (QED) is 0.369. The summed E-state index contributed by atoms with van der Waals surface area (Å²) in [6, 6.07) is 33.5. The predicted octanol–water partition coefficient (Wildman–Crippen LogP) is 7.41. The molecule has 2 aliphatic rings. The summed E-state index contributed by atoms with van der Waals surface area (Å²) in [5, 5.41) is 3.70. The third-order valence-corrected chi connectivity index (χ3v) is 6.58. The molecule has 0 amide bonds. The minimum Gasteiger partial charge on any atom is -0.457 e. The number of nitrogens with zero attached hydrogens (tertiary/aromatic N) is 1. The van der Waals surface area contributed by atoms with Crippen molar-refractivity contribution in [2.24, 2.45) is 4.99 Å². The topological polar surface area (TPSA) is 33.6 Å². The number of ether oxygens (including phenoxy) is 1. The van der Waals surface area contributed by atoms with Gasteiger partial charge in [-0.1, -0.05) is 86.6 Å². The van der Waals surface area contributed by atoms with Crippen molar-refractivity contribution in [2.75, 3.05) is 5.32 Å². The molecule has 1 unspecified atom stereocenters. The van der Waals surface area contributed by atoms with E-state index in [-0.39, 0.29) is 11.5 Å². The van der Waals surface area contributed by atoms with Gasteiger partial charge in [0.1, 0.15) is 11.5 Å². The number of nitrogens with one attached hydrogen (secondary N) is 1. The molecule has 0 aromatic heterocycles. The lowest BCUT2D eigenvalue weighted by atomic mass is 9.75. The van der Waals surface area contributed by atoms with Gasteiger partial charge in [0.05, 0.1) is 23.1 Å². The van der Waals surface area contributed by atoms with Crippen molar-refractivity contribution in [2.45, 2.75) is 25.3 Å². The van der Waals surface area contributed by atoms with Crippen LogP contribution in [-0.4, -0.2) is 5.71 Å². The molecule has 0 spiro atoms. The molecule has 4 aromatic carbocycles. The van der Waals surface area contributed by atoms with E-state index in [0.717, 1.165) is 34.1 Å². The van der Waals surface area contributed by atoms with Crippen LogP contribution in [0.2, 0.25) is 0 Å². The molecule has 2 aliphatic heterocycles. The average molecular weight is 417 g/mol. The van der Waals surface area contributed by atoms with Crippen molar-refractivity contribution < 1.29 is 4.74 Å². The number of benzene rings is 4. The molecule has 0 bridgehead atoms. The fourth-order valence-corrected chi connectivity index (χ4v) is 4.85. The Morgan fingerprint density at radius 3 is 2.34 bits per heavy atom. The van der Waals surface area contributed by atoms with Crippen LogP contribution < -0.4 is 10.1 Å². The molecule has 1 N–H and O–H groups in total. The van der Waals surface area contributed by atoms with E-state index in [1.165, 1.54) is 16.7 Å². The first-order chi connectivity index (χ1) is 15.6. The van der Waals surface area contributed by atoms with Gasteiger partial charge >= 0.3 is 0 Å². The first kappa shape index (κ1) is 18.9. The fraction of sp³-hybridized carbons (Fsp3) is 0.138. The van der Waals surface area contributed by atoms with E-state index in [4.69, 9.17) is 9.73 Å². The molecule has 6 rings (SSSR count). The molecule has 0 fully saturated rings. The lowest BCUT2D eigenvalue weighted by molar-refractivity contribution is 0.418. The minimum absolute atomic E-state index is 0.0342. The van der Waals surface area contributed by atoms with E-state index >= 15 is 0 Å². The van der Waals surface area contributed by atoms with E-state index in [2.05, 4.69) is 92.0 Å². The van der Waals surface area contributed by atoms with Crippen LogP contribution in [0.4, 0.5) is 11.4 Å². The smallest absolute Gasteiger partial charge is 0.132 e. The number of fused-ring (bicyclic) bond motifs is 3. The molecule has 2 heterocycles. The summed E-state index contributed by atoms with van der Waals surface area (Å²) in [5.74, 6) is 1.83. The van der Waals surface area contributed by atoms with Gasteiger partial charge in [0.25, 0.3) is 0 Å². The Morgan fingerprint density at radius 1 is 0.750 bits per heavy atom. The summed E-state index contributed by atoms with van der Waals surface area (Å²) >= 11 is 0. The van der Waals surface area contributed by atoms with Crippen LogP contribution in [-0.2, 0) is 5.41 Å². The lowest BCUT2D eigenvalue weighted by Gasteiger charge is -2.35. The Hall–Kier alpha value is -3.85. The molecular formula is C29H24N2O. The number of rotatable bonds is 2. The van der Waals surface area contributed by atoms with Gasteiger partial charge in [-0.25, -0.2) is 4.99 Å². The summed E-state index contributed by atoms with van der Waals surface area (Å²) in [6.45, 7) is 4.52. The average Bonchev–Trinajstić information content (AvgIpc) is 2.83. The Kier molecular flexibility index (Phi) is 4.19. The zero-order valence-corrected chi connectivity index (χ0v) is 18.2. The molecule has 3 nitrogen and oxygen atoms in total. The molecule has 0 saturated heterocycles. The van der Waals surface area contributed by atoms with Gasteiger partial charge in [-0.3, -0.25) is 0 Å². The first-order valence-electron chi connectivity index (χ1n) is 11.0. The number of hydrogen-bond donors (Lipinski definition) is 1. The minimum atomic E-state index is -0.124. The highest BCUT2D eigenvalue weighted by molar-refractivity contribution is 6.10. The van der Waals surface area contributed by atoms with Crippen molar-refractivity contribution in [3.05, 3.63) is 119 Å². The Bertz CT molecular complexity index is 1350. The van der Waals surface area contributed by atoms with Crippen LogP contribution in [0.1, 0.15) is 42.1 Å². The van der Waals surface area contributed by atoms with Crippen molar-refractivity contribution in [3.8, 4) is 11.5 Å². The summed E-state index contributed by atoms with van der Waals surface area (Å²) < 4.78 is 6.38. The van der Waals surface area contributed by atoms with Crippen LogP contribution in [0.3, 0.4) is 0 Å². The predicted molar refractivity (Wildman–Crippen MR) is 131 cm³/mol. The van der Waals surface area contributed by atoms with Gasteiger partial charge in [0.15, 0.2) is 0 Å². The van der Waals surface area contributed by atoms with Gasteiger partial charge in [0.2, 0.25) is 0 Å². The van der Waals surface area contributed by atoms with Crippen LogP contribution in [0.15, 0.2) is 102 Å². The second-order valence-electron chi connectivity index (χ2n) is 8.94. The zero-order chi connectivity index (χ0) is 21.7. The van der Waals surface area contributed by atoms with E-state index in [1.807, 2.05) is 24.3 Å². The molecular weight excluding hydrogens is 392 g/mol. The van der Waals surface area contributed by atoms with Crippen molar-refractivity contribution >= 4 is 17.1 Å². The highest BCUT2D eigenvalue weighted by atomic mass is 16.5. The van der Waals surface area contributed by atoms with E-state index in [1.54, 1.807) is 0 Å². The van der Waals surface area contributed by atoms with Gasteiger partial charge in [0, 0.05) is 22.1 Å². The summed E-state index contributed by atoms with van der Waals surface area (Å²) in [6.07, 6.45) is 0. The number of anilines is 1. The molecule has 3 heteroatoms. The monoisotopic (exact) mass is 416 g/mol. The van der Waals surface area contributed by atoms with Crippen molar-refractivity contribution in [1.82, 2.24) is 0 Å². The van der Waals surface area contributed by atoms with Gasteiger partial charge < -0.3 is 10.1 Å².